The molecule has 0 radical (unpaired) electrons. The molecule has 2 aromatic rings. The Morgan fingerprint density at radius 2 is 1.80 bits per heavy atom. The lowest BCUT2D eigenvalue weighted by molar-refractivity contribution is 0.249. The Morgan fingerprint density at radius 3 is 2.56 bits per heavy atom. The van der Waals surface area contributed by atoms with Gasteiger partial charge in [-0.2, -0.15) is 0 Å². The van der Waals surface area contributed by atoms with Crippen molar-refractivity contribution in [2.24, 2.45) is 11.8 Å². The number of hydrogen-bond acceptors (Lipinski definition) is 5. The molecule has 134 valence electrons. The largest absolute Gasteiger partial charge is 0.341 e. The summed E-state index contributed by atoms with van der Waals surface area (Å²) in [5.41, 5.74) is 1.35. The molecule has 0 unspecified atom stereocenters. The summed E-state index contributed by atoms with van der Waals surface area (Å²) in [5, 5.41) is 0. The van der Waals surface area contributed by atoms with Gasteiger partial charge in [-0.1, -0.05) is 0 Å². The molecular formula is C19H28N6. The molecule has 6 nitrogen and oxygen atoms in total. The Balaban J connectivity index is 1.28. The molecule has 4 heterocycles. The van der Waals surface area contributed by atoms with Gasteiger partial charge in [0, 0.05) is 51.3 Å². The minimum atomic E-state index is 0.844. The fourth-order valence-corrected chi connectivity index (χ4v) is 4.41. The van der Waals surface area contributed by atoms with Gasteiger partial charge in [-0.15, -0.1) is 0 Å². The minimum Gasteiger partial charge on any atom is -0.341 e. The molecule has 0 aliphatic carbocycles. The van der Waals surface area contributed by atoms with Crippen LogP contribution in [0.15, 0.2) is 31.0 Å². The van der Waals surface area contributed by atoms with Crippen LogP contribution in [0.3, 0.4) is 0 Å². The fraction of sp³-hybridized carbons (Fsp3) is 0.632. The van der Waals surface area contributed by atoms with Crippen molar-refractivity contribution in [3.8, 4) is 0 Å². The van der Waals surface area contributed by atoms with Crippen molar-refractivity contribution in [3.63, 3.8) is 0 Å². The number of hydrogen-bond donors (Lipinski definition) is 0. The van der Waals surface area contributed by atoms with Crippen LogP contribution in [0.4, 0.5) is 5.95 Å². The van der Waals surface area contributed by atoms with E-state index in [0.29, 0.717) is 0 Å². The average Bonchev–Trinajstić information content (AvgIpc) is 3.32. The first kappa shape index (κ1) is 16.5. The number of aromatic nitrogens is 4. The maximum absolute atomic E-state index is 4.39. The molecule has 0 bridgehead atoms. The van der Waals surface area contributed by atoms with Gasteiger partial charge in [0.15, 0.2) is 0 Å². The maximum atomic E-state index is 4.39. The molecule has 0 aromatic carbocycles. The molecule has 1 atom stereocenters. The maximum Gasteiger partial charge on any atom is 0.225 e. The highest BCUT2D eigenvalue weighted by Gasteiger charge is 2.32. The van der Waals surface area contributed by atoms with Gasteiger partial charge < -0.3 is 9.47 Å². The van der Waals surface area contributed by atoms with Crippen LogP contribution in [0, 0.1) is 11.8 Å². The van der Waals surface area contributed by atoms with Crippen molar-refractivity contribution in [2.45, 2.75) is 39.3 Å². The van der Waals surface area contributed by atoms with E-state index < -0.39 is 0 Å². The van der Waals surface area contributed by atoms with Crippen LogP contribution in [0.2, 0.25) is 0 Å². The van der Waals surface area contributed by atoms with E-state index in [1.54, 1.807) is 0 Å². The molecule has 4 rings (SSSR count). The Kier molecular flexibility index (Phi) is 4.97. The number of imidazole rings is 1. The molecule has 0 spiro atoms. The Labute approximate surface area is 149 Å². The zero-order chi connectivity index (χ0) is 17.1. The third kappa shape index (κ3) is 3.68. The topological polar surface area (TPSA) is 50.1 Å². The highest BCUT2D eigenvalue weighted by atomic mass is 15.2. The first-order valence-corrected chi connectivity index (χ1v) is 9.57. The molecule has 0 saturated carbocycles. The molecule has 2 aliphatic rings. The third-order valence-corrected chi connectivity index (χ3v) is 5.87. The smallest absolute Gasteiger partial charge is 0.225 e. The second-order valence-corrected chi connectivity index (χ2v) is 7.33. The van der Waals surface area contributed by atoms with Crippen molar-refractivity contribution in [1.29, 1.82) is 0 Å². The van der Waals surface area contributed by atoms with Crippen LogP contribution >= 0.6 is 0 Å². The Hall–Kier alpha value is -1.95. The molecule has 2 fully saturated rings. The van der Waals surface area contributed by atoms with E-state index in [1.165, 1.54) is 38.0 Å². The van der Waals surface area contributed by atoms with Crippen molar-refractivity contribution in [1.82, 2.24) is 24.4 Å². The van der Waals surface area contributed by atoms with Gasteiger partial charge in [0.25, 0.3) is 0 Å². The number of aryl methyl sites for hydroxylation is 1. The van der Waals surface area contributed by atoms with Crippen molar-refractivity contribution in [2.75, 3.05) is 31.1 Å². The molecule has 2 aromatic heterocycles. The quantitative estimate of drug-likeness (QED) is 0.837. The standard InChI is InChI=1S/C19H28N6/c1-2-24-15-20-12-18(24)14-23-9-4-17(13-23)16-5-10-25(11-6-16)19-21-7-3-8-22-19/h3,7-8,12,15-17H,2,4-6,9-11,13-14H2,1H3/t17-/m1/s1. The van der Waals surface area contributed by atoms with Gasteiger partial charge in [0.05, 0.1) is 12.0 Å². The average molecular weight is 340 g/mol. The molecule has 2 aliphatic heterocycles. The normalized spacial score (nSPS) is 22.6. The summed E-state index contributed by atoms with van der Waals surface area (Å²) in [6.45, 7) is 8.88. The van der Waals surface area contributed by atoms with E-state index >= 15 is 0 Å². The van der Waals surface area contributed by atoms with Crippen LogP contribution in [0.1, 0.15) is 31.9 Å². The van der Waals surface area contributed by atoms with E-state index in [2.05, 4.69) is 36.2 Å². The van der Waals surface area contributed by atoms with Gasteiger partial charge in [0.2, 0.25) is 5.95 Å². The number of piperidine rings is 1. The third-order valence-electron chi connectivity index (χ3n) is 5.87. The van der Waals surface area contributed by atoms with Crippen molar-refractivity contribution >= 4 is 5.95 Å². The van der Waals surface area contributed by atoms with Crippen molar-refractivity contribution in [3.05, 3.63) is 36.7 Å². The molecule has 2 saturated heterocycles. The van der Waals surface area contributed by atoms with Crippen LogP contribution in [0.25, 0.3) is 0 Å². The lowest BCUT2D eigenvalue weighted by Gasteiger charge is -2.34. The summed E-state index contributed by atoms with van der Waals surface area (Å²) in [7, 11) is 0. The second-order valence-electron chi connectivity index (χ2n) is 7.33. The van der Waals surface area contributed by atoms with Crippen molar-refractivity contribution < 1.29 is 0 Å². The summed E-state index contributed by atoms with van der Waals surface area (Å²) in [4.78, 5) is 18.0. The van der Waals surface area contributed by atoms with Gasteiger partial charge >= 0.3 is 0 Å². The van der Waals surface area contributed by atoms with E-state index in [4.69, 9.17) is 0 Å². The van der Waals surface area contributed by atoms with Gasteiger partial charge in [-0.3, -0.25) is 4.90 Å². The molecule has 0 amide bonds. The predicted octanol–water partition coefficient (Wildman–Crippen LogP) is 2.43. The Morgan fingerprint density at radius 1 is 1.04 bits per heavy atom. The highest BCUT2D eigenvalue weighted by Crippen LogP contribution is 2.33. The SMILES string of the molecule is CCn1cncc1CN1CC[C@@H](C2CCN(c3ncccn3)CC2)C1. The number of rotatable bonds is 5. The second kappa shape index (κ2) is 7.52. The lowest BCUT2D eigenvalue weighted by Crippen LogP contribution is -2.37. The van der Waals surface area contributed by atoms with Crippen LogP contribution in [-0.4, -0.2) is 50.6 Å². The summed E-state index contributed by atoms with van der Waals surface area (Å²) < 4.78 is 2.26. The van der Waals surface area contributed by atoms with Gasteiger partial charge in [-0.25, -0.2) is 15.0 Å². The fourth-order valence-electron chi connectivity index (χ4n) is 4.41. The Bertz CT molecular complexity index is 662. The number of nitrogens with zero attached hydrogens (tertiary/aromatic N) is 6. The summed E-state index contributed by atoms with van der Waals surface area (Å²) in [6.07, 6.45) is 11.5. The van der Waals surface area contributed by atoms with Gasteiger partial charge in [0.1, 0.15) is 0 Å². The predicted molar refractivity (Wildman–Crippen MR) is 98.3 cm³/mol. The minimum absolute atomic E-state index is 0.844. The highest BCUT2D eigenvalue weighted by molar-refractivity contribution is 5.28. The van der Waals surface area contributed by atoms with Gasteiger partial charge in [-0.05, 0) is 50.6 Å². The van der Waals surface area contributed by atoms with E-state index in [9.17, 15) is 0 Å². The zero-order valence-electron chi connectivity index (χ0n) is 15.1. The molecule has 0 N–H and O–H groups in total. The lowest BCUT2D eigenvalue weighted by atomic mass is 9.84. The molecule has 25 heavy (non-hydrogen) atoms. The molecule has 6 heteroatoms. The first-order valence-electron chi connectivity index (χ1n) is 9.57. The summed E-state index contributed by atoms with van der Waals surface area (Å²) in [5.74, 6) is 2.58. The van der Waals surface area contributed by atoms with Crippen LogP contribution in [0.5, 0.6) is 0 Å². The summed E-state index contributed by atoms with van der Waals surface area (Å²) in [6, 6.07) is 1.88. The van der Waals surface area contributed by atoms with Crippen LogP contribution < -0.4 is 4.90 Å². The zero-order valence-corrected chi connectivity index (χ0v) is 15.1. The van der Waals surface area contributed by atoms with Crippen LogP contribution in [-0.2, 0) is 13.1 Å². The van der Waals surface area contributed by atoms with E-state index in [0.717, 1.165) is 44.0 Å². The van der Waals surface area contributed by atoms with E-state index in [1.807, 2.05) is 31.0 Å². The first-order chi connectivity index (χ1) is 12.3. The number of anilines is 1. The monoisotopic (exact) mass is 340 g/mol. The summed E-state index contributed by atoms with van der Waals surface area (Å²) >= 11 is 0. The van der Waals surface area contributed by atoms with E-state index in [-0.39, 0.29) is 0 Å². The number of likely N-dealkylation sites (tertiary alicyclic amines) is 1. The molecular weight excluding hydrogens is 312 g/mol.